The van der Waals surface area contributed by atoms with Gasteiger partial charge in [0.15, 0.2) is 0 Å². The Balaban J connectivity index is 2.31. The molecule has 0 aliphatic carbocycles. The lowest BCUT2D eigenvalue weighted by Gasteiger charge is -2.42. The van der Waals surface area contributed by atoms with Gasteiger partial charge in [0.1, 0.15) is 0 Å². The molecule has 0 bridgehead atoms. The first-order valence-corrected chi connectivity index (χ1v) is 6.78. The minimum absolute atomic E-state index is 0.608. The van der Waals surface area contributed by atoms with Crippen LogP contribution < -0.4 is 10.2 Å². The molecule has 94 valence electrons. The van der Waals surface area contributed by atoms with E-state index >= 15 is 0 Å². The highest BCUT2D eigenvalue weighted by atomic mass is 15.2. The maximum Gasteiger partial charge on any atom is 0.0414 e. The van der Waals surface area contributed by atoms with Gasteiger partial charge in [0, 0.05) is 24.3 Å². The van der Waals surface area contributed by atoms with Gasteiger partial charge in [0.05, 0.1) is 0 Å². The van der Waals surface area contributed by atoms with E-state index in [2.05, 4.69) is 48.3 Å². The fraction of sp³-hybridized carbons (Fsp3) is 0.600. The Bertz CT molecular complexity index is 362. The van der Waals surface area contributed by atoms with Gasteiger partial charge in [0.2, 0.25) is 0 Å². The molecule has 17 heavy (non-hydrogen) atoms. The zero-order valence-electron chi connectivity index (χ0n) is 11.2. The molecule has 0 spiro atoms. The van der Waals surface area contributed by atoms with Crippen molar-refractivity contribution in [2.45, 2.75) is 45.2 Å². The van der Waals surface area contributed by atoms with Crippen LogP contribution >= 0.6 is 0 Å². The average Bonchev–Trinajstić information content (AvgIpc) is 2.37. The van der Waals surface area contributed by atoms with Crippen molar-refractivity contribution in [1.29, 1.82) is 0 Å². The van der Waals surface area contributed by atoms with Crippen molar-refractivity contribution >= 4 is 5.69 Å². The Morgan fingerprint density at radius 1 is 1.41 bits per heavy atom. The Morgan fingerprint density at radius 2 is 2.18 bits per heavy atom. The van der Waals surface area contributed by atoms with E-state index in [9.17, 15) is 0 Å². The van der Waals surface area contributed by atoms with E-state index in [0.29, 0.717) is 12.1 Å². The van der Waals surface area contributed by atoms with Crippen molar-refractivity contribution in [3.63, 3.8) is 0 Å². The number of para-hydroxylation sites is 1. The smallest absolute Gasteiger partial charge is 0.0414 e. The fourth-order valence-electron chi connectivity index (χ4n) is 2.95. The summed E-state index contributed by atoms with van der Waals surface area (Å²) >= 11 is 0. The molecule has 0 aromatic heterocycles. The predicted octanol–water partition coefficient (Wildman–Crippen LogP) is 2.83. The molecule has 2 rings (SSSR count). The van der Waals surface area contributed by atoms with E-state index in [-0.39, 0.29) is 0 Å². The van der Waals surface area contributed by atoms with Crippen LogP contribution in [0.2, 0.25) is 0 Å². The van der Waals surface area contributed by atoms with Crippen molar-refractivity contribution in [3.05, 3.63) is 29.8 Å². The first kappa shape index (κ1) is 12.4. The fourth-order valence-corrected chi connectivity index (χ4v) is 2.95. The number of likely N-dealkylation sites (N-methyl/N-ethyl adjacent to an activating group) is 1. The van der Waals surface area contributed by atoms with E-state index in [0.717, 1.165) is 6.54 Å². The van der Waals surface area contributed by atoms with Crippen LogP contribution in [-0.2, 0) is 6.42 Å². The van der Waals surface area contributed by atoms with Crippen molar-refractivity contribution < 1.29 is 0 Å². The van der Waals surface area contributed by atoms with E-state index in [1.54, 1.807) is 0 Å². The summed E-state index contributed by atoms with van der Waals surface area (Å²) in [4.78, 5) is 2.62. The first-order chi connectivity index (χ1) is 8.27. The van der Waals surface area contributed by atoms with Crippen molar-refractivity contribution in [1.82, 2.24) is 5.32 Å². The molecule has 0 saturated heterocycles. The van der Waals surface area contributed by atoms with Crippen molar-refractivity contribution in [2.75, 3.05) is 18.5 Å². The second-order valence-electron chi connectivity index (χ2n) is 5.04. The summed E-state index contributed by atoms with van der Waals surface area (Å²) < 4.78 is 0. The Morgan fingerprint density at radius 3 is 2.88 bits per heavy atom. The van der Waals surface area contributed by atoms with Gasteiger partial charge in [-0.3, -0.25) is 0 Å². The van der Waals surface area contributed by atoms with Gasteiger partial charge < -0.3 is 10.2 Å². The molecule has 1 aliphatic heterocycles. The summed E-state index contributed by atoms with van der Waals surface area (Å²) in [5.41, 5.74) is 2.97. The van der Waals surface area contributed by atoms with Crippen LogP contribution in [0.3, 0.4) is 0 Å². The summed E-state index contributed by atoms with van der Waals surface area (Å²) in [7, 11) is 2.04. The summed E-state index contributed by atoms with van der Waals surface area (Å²) in [6, 6.07) is 10.1. The topological polar surface area (TPSA) is 15.3 Å². The maximum atomic E-state index is 3.33. The molecule has 0 fully saturated rings. The highest BCUT2D eigenvalue weighted by Gasteiger charge is 2.27. The number of anilines is 1. The highest BCUT2D eigenvalue weighted by molar-refractivity contribution is 5.57. The van der Waals surface area contributed by atoms with Gasteiger partial charge in [-0.15, -0.1) is 0 Å². The lowest BCUT2D eigenvalue weighted by molar-refractivity contribution is 0.461. The monoisotopic (exact) mass is 232 g/mol. The number of hydrogen-bond donors (Lipinski definition) is 1. The van der Waals surface area contributed by atoms with E-state index in [4.69, 9.17) is 0 Å². The standard InChI is InChI=1S/C15H24N2/c1-4-14(11-16-3)17-12(2)9-10-13-7-5-6-8-15(13)17/h5-8,12,14,16H,4,9-11H2,1-3H3. The number of nitrogens with one attached hydrogen (secondary N) is 1. The molecule has 2 unspecified atom stereocenters. The van der Waals surface area contributed by atoms with E-state index in [1.165, 1.54) is 30.5 Å². The summed E-state index contributed by atoms with van der Waals surface area (Å²) in [6.45, 7) is 5.70. The van der Waals surface area contributed by atoms with Crippen LogP contribution in [0.4, 0.5) is 5.69 Å². The average molecular weight is 232 g/mol. The highest BCUT2D eigenvalue weighted by Crippen LogP contribution is 2.32. The number of rotatable bonds is 4. The minimum Gasteiger partial charge on any atom is -0.364 e. The van der Waals surface area contributed by atoms with Gasteiger partial charge in [-0.1, -0.05) is 25.1 Å². The largest absolute Gasteiger partial charge is 0.364 e. The molecule has 2 atom stereocenters. The lowest BCUT2D eigenvalue weighted by Crippen LogP contribution is -2.48. The third-order valence-electron chi connectivity index (χ3n) is 3.88. The zero-order valence-corrected chi connectivity index (χ0v) is 11.2. The van der Waals surface area contributed by atoms with Gasteiger partial charge >= 0.3 is 0 Å². The Kier molecular flexibility index (Phi) is 4.06. The van der Waals surface area contributed by atoms with Crippen molar-refractivity contribution in [2.24, 2.45) is 0 Å². The zero-order chi connectivity index (χ0) is 12.3. The molecule has 2 nitrogen and oxygen atoms in total. The molecule has 2 heteroatoms. The summed E-state index contributed by atoms with van der Waals surface area (Å²) in [5.74, 6) is 0. The second kappa shape index (κ2) is 5.54. The lowest BCUT2D eigenvalue weighted by atomic mass is 9.94. The number of benzene rings is 1. The molecule has 0 saturated carbocycles. The van der Waals surface area contributed by atoms with Crippen LogP contribution in [0.25, 0.3) is 0 Å². The normalized spacial score (nSPS) is 21.1. The molecule has 1 N–H and O–H groups in total. The van der Waals surface area contributed by atoms with Gasteiger partial charge in [-0.2, -0.15) is 0 Å². The predicted molar refractivity (Wildman–Crippen MR) is 74.7 cm³/mol. The molecule has 1 aromatic rings. The quantitative estimate of drug-likeness (QED) is 0.858. The summed E-state index contributed by atoms with van der Waals surface area (Å²) in [5, 5.41) is 3.33. The van der Waals surface area contributed by atoms with Crippen LogP contribution in [0, 0.1) is 0 Å². The number of nitrogens with zero attached hydrogens (tertiary/aromatic N) is 1. The van der Waals surface area contributed by atoms with Crippen LogP contribution in [0.5, 0.6) is 0 Å². The van der Waals surface area contributed by atoms with Gasteiger partial charge in [-0.25, -0.2) is 0 Å². The molecular formula is C15H24N2. The molecule has 0 radical (unpaired) electrons. The van der Waals surface area contributed by atoms with Crippen LogP contribution in [-0.4, -0.2) is 25.7 Å². The van der Waals surface area contributed by atoms with E-state index in [1.807, 2.05) is 7.05 Å². The van der Waals surface area contributed by atoms with Crippen molar-refractivity contribution in [3.8, 4) is 0 Å². The molecule has 1 aromatic carbocycles. The number of fused-ring (bicyclic) bond motifs is 1. The van der Waals surface area contributed by atoms with Crippen LogP contribution in [0.15, 0.2) is 24.3 Å². The maximum absolute atomic E-state index is 3.33. The van der Waals surface area contributed by atoms with Gasteiger partial charge in [0.25, 0.3) is 0 Å². The SMILES string of the molecule is CCC(CNC)N1c2ccccc2CCC1C. The number of hydrogen-bond acceptors (Lipinski definition) is 2. The second-order valence-corrected chi connectivity index (χ2v) is 5.04. The molecular weight excluding hydrogens is 208 g/mol. The van der Waals surface area contributed by atoms with E-state index < -0.39 is 0 Å². The number of aryl methyl sites for hydroxylation is 1. The molecule has 1 heterocycles. The van der Waals surface area contributed by atoms with Gasteiger partial charge in [-0.05, 0) is 44.9 Å². The minimum atomic E-state index is 0.608. The Labute approximate surface area is 105 Å². The third-order valence-corrected chi connectivity index (χ3v) is 3.88. The van der Waals surface area contributed by atoms with Crippen LogP contribution in [0.1, 0.15) is 32.3 Å². The first-order valence-electron chi connectivity index (χ1n) is 6.78. The molecule has 0 amide bonds. The molecule has 1 aliphatic rings. The summed E-state index contributed by atoms with van der Waals surface area (Å²) in [6.07, 6.45) is 3.70. The Hall–Kier alpha value is -1.02. The third kappa shape index (κ3) is 2.47.